The molecule has 2 N–H and O–H groups in total. The zero-order chi connectivity index (χ0) is 18.3. The Morgan fingerprint density at radius 1 is 1.31 bits per heavy atom. The maximum Gasteiger partial charge on any atom is 0.405 e. The number of alkyl halides is 3. The van der Waals surface area contributed by atoms with Crippen LogP contribution in [0.25, 0.3) is 0 Å². The Bertz CT molecular complexity index is 576. The highest BCUT2D eigenvalue weighted by atomic mass is 35.5. The maximum atomic E-state index is 13.3. The second kappa shape index (κ2) is 10.4. The van der Waals surface area contributed by atoms with Crippen LogP contribution in [0, 0.1) is 0 Å². The highest BCUT2D eigenvalue weighted by molar-refractivity contribution is 5.94. The fourth-order valence-corrected chi connectivity index (χ4v) is 2.59. The minimum Gasteiger partial charge on any atom is -0.490 e. The fourth-order valence-electron chi connectivity index (χ4n) is 2.59. The van der Waals surface area contributed by atoms with Crippen molar-refractivity contribution in [2.75, 3.05) is 39.3 Å². The third-order valence-corrected chi connectivity index (χ3v) is 3.91. The largest absolute Gasteiger partial charge is 0.490 e. The van der Waals surface area contributed by atoms with Crippen molar-refractivity contribution >= 4 is 18.3 Å². The van der Waals surface area contributed by atoms with Crippen molar-refractivity contribution < 1.29 is 22.7 Å². The number of amides is 1. The summed E-state index contributed by atoms with van der Waals surface area (Å²) in [5.41, 5.74) is 0.284. The molecule has 1 fully saturated rings. The van der Waals surface area contributed by atoms with Gasteiger partial charge in [-0.3, -0.25) is 9.69 Å². The van der Waals surface area contributed by atoms with Crippen molar-refractivity contribution in [3.63, 3.8) is 0 Å². The number of rotatable bonds is 7. The summed E-state index contributed by atoms with van der Waals surface area (Å²) in [6.45, 7) is 5.01. The number of ether oxygens (including phenoxy) is 1. The van der Waals surface area contributed by atoms with E-state index in [9.17, 15) is 18.0 Å². The van der Waals surface area contributed by atoms with Gasteiger partial charge in [0.15, 0.2) is 0 Å². The minimum absolute atomic E-state index is 0. The SMILES string of the molecule is C=CCOc1ccc(C(=O)NCC(N2CCNCC2)C(F)(F)F)cc1.Cl. The average Bonchev–Trinajstić information content (AvgIpc) is 2.60. The van der Waals surface area contributed by atoms with Crippen LogP contribution in [0.15, 0.2) is 36.9 Å². The number of nitrogens with zero attached hydrogens (tertiary/aromatic N) is 1. The van der Waals surface area contributed by atoms with Gasteiger partial charge in [-0.25, -0.2) is 0 Å². The first-order valence-corrected chi connectivity index (χ1v) is 8.05. The van der Waals surface area contributed by atoms with Crippen molar-refractivity contribution in [3.8, 4) is 5.75 Å². The number of benzene rings is 1. The molecular weight excluding hydrogens is 371 g/mol. The predicted molar refractivity (Wildman–Crippen MR) is 96.0 cm³/mol. The Morgan fingerprint density at radius 3 is 2.46 bits per heavy atom. The molecule has 1 aromatic carbocycles. The molecule has 5 nitrogen and oxygen atoms in total. The van der Waals surface area contributed by atoms with Crippen LogP contribution in [0.4, 0.5) is 13.2 Å². The summed E-state index contributed by atoms with van der Waals surface area (Å²) in [5.74, 6) is 0.0186. The summed E-state index contributed by atoms with van der Waals surface area (Å²) in [6.07, 6.45) is -2.80. The Labute approximate surface area is 157 Å². The molecule has 1 heterocycles. The van der Waals surface area contributed by atoms with E-state index in [1.807, 2.05) is 0 Å². The lowest BCUT2D eigenvalue weighted by molar-refractivity contribution is -0.183. The van der Waals surface area contributed by atoms with Gasteiger partial charge in [-0.1, -0.05) is 12.7 Å². The molecule has 0 radical (unpaired) electrons. The number of carbonyl (C=O) groups is 1. The molecular formula is C17H23ClF3N3O2. The topological polar surface area (TPSA) is 53.6 Å². The van der Waals surface area contributed by atoms with Crippen LogP contribution in [-0.4, -0.2) is 62.4 Å². The molecule has 0 aromatic heterocycles. The van der Waals surface area contributed by atoms with Gasteiger partial charge in [-0.05, 0) is 24.3 Å². The van der Waals surface area contributed by atoms with E-state index in [0.29, 0.717) is 38.5 Å². The van der Waals surface area contributed by atoms with Gasteiger partial charge in [0, 0.05) is 38.3 Å². The van der Waals surface area contributed by atoms with Crippen LogP contribution in [0.1, 0.15) is 10.4 Å². The van der Waals surface area contributed by atoms with E-state index in [1.54, 1.807) is 18.2 Å². The van der Waals surface area contributed by atoms with Gasteiger partial charge in [0.2, 0.25) is 0 Å². The third-order valence-electron chi connectivity index (χ3n) is 3.91. The van der Waals surface area contributed by atoms with E-state index in [4.69, 9.17) is 4.74 Å². The number of piperazine rings is 1. The van der Waals surface area contributed by atoms with Gasteiger partial charge >= 0.3 is 6.18 Å². The summed E-state index contributed by atoms with van der Waals surface area (Å²) < 4.78 is 45.2. The van der Waals surface area contributed by atoms with E-state index >= 15 is 0 Å². The van der Waals surface area contributed by atoms with E-state index in [2.05, 4.69) is 17.2 Å². The van der Waals surface area contributed by atoms with E-state index in [-0.39, 0.29) is 18.0 Å². The van der Waals surface area contributed by atoms with Gasteiger partial charge in [0.25, 0.3) is 5.91 Å². The Kier molecular flexibility index (Phi) is 8.91. The number of halogens is 4. The Morgan fingerprint density at radius 2 is 1.92 bits per heavy atom. The summed E-state index contributed by atoms with van der Waals surface area (Å²) in [7, 11) is 0. The molecule has 26 heavy (non-hydrogen) atoms. The van der Waals surface area contributed by atoms with Crippen molar-refractivity contribution in [3.05, 3.63) is 42.5 Å². The number of nitrogens with one attached hydrogen (secondary N) is 2. The van der Waals surface area contributed by atoms with Crippen molar-refractivity contribution in [2.24, 2.45) is 0 Å². The third kappa shape index (κ3) is 6.51. The molecule has 1 aliphatic rings. The molecule has 0 spiro atoms. The quantitative estimate of drug-likeness (QED) is 0.698. The second-order valence-corrected chi connectivity index (χ2v) is 5.68. The summed E-state index contributed by atoms with van der Waals surface area (Å²) in [5, 5.41) is 5.40. The monoisotopic (exact) mass is 393 g/mol. The van der Waals surface area contributed by atoms with Crippen molar-refractivity contribution in [2.45, 2.75) is 12.2 Å². The second-order valence-electron chi connectivity index (χ2n) is 5.68. The molecule has 1 saturated heterocycles. The Hall–Kier alpha value is -1.77. The van der Waals surface area contributed by atoms with Crippen LogP contribution < -0.4 is 15.4 Å². The molecule has 9 heteroatoms. The minimum atomic E-state index is -4.40. The molecule has 2 rings (SSSR count). The van der Waals surface area contributed by atoms with Gasteiger partial charge < -0.3 is 15.4 Å². The summed E-state index contributed by atoms with van der Waals surface area (Å²) in [4.78, 5) is 13.5. The first-order valence-electron chi connectivity index (χ1n) is 8.05. The normalized spacial score (nSPS) is 16.3. The lowest BCUT2D eigenvalue weighted by Gasteiger charge is -2.35. The van der Waals surface area contributed by atoms with Crippen LogP contribution in [0.3, 0.4) is 0 Å². The summed E-state index contributed by atoms with van der Waals surface area (Å²) in [6, 6.07) is 4.53. The van der Waals surface area contributed by atoms with Crippen LogP contribution in [-0.2, 0) is 0 Å². The predicted octanol–water partition coefficient (Wildman–Crippen LogP) is 2.24. The molecule has 1 amide bonds. The highest BCUT2D eigenvalue weighted by Gasteiger charge is 2.43. The van der Waals surface area contributed by atoms with E-state index < -0.39 is 24.7 Å². The van der Waals surface area contributed by atoms with Gasteiger partial charge in [-0.2, -0.15) is 13.2 Å². The van der Waals surface area contributed by atoms with Gasteiger partial charge in [0.05, 0.1) is 0 Å². The first kappa shape index (κ1) is 22.3. The molecule has 1 unspecified atom stereocenters. The van der Waals surface area contributed by atoms with Gasteiger partial charge in [-0.15, -0.1) is 12.4 Å². The zero-order valence-corrected chi connectivity index (χ0v) is 15.0. The number of hydrogen-bond acceptors (Lipinski definition) is 4. The zero-order valence-electron chi connectivity index (χ0n) is 14.2. The standard InChI is InChI=1S/C17H22F3N3O2.ClH/c1-2-11-25-14-5-3-13(4-6-14)16(24)22-12-15(17(18,19)20)23-9-7-21-8-10-23;/h2-6,15,21H,1,7-12H2,(H,22,24);1H. The van der Waals surface area contributed by atoms with Crippen LogP contribution in [0.2, 0.25) is 0 Å². The molecule has 0 aliphatic carbocycles. The molecule has 146 valence electrons. The fraction of sp³-hybridized carbons (Fsp3) is 0.471. The lowest BCUT2D eigenvalue weighted by Crippen LogP contribution is -2.57. The molecule has 1 aromatic rings. The average molecular weight is 394 g/mol. The lowest BCUT2D eigenvalue weighted by atomic mass is 10.1. The van der Waals surface area contributed by atoms with E-state index in [0.717, 1.165) is 0 Å². The highest BCUT2D eigenvalue weighted by Crippen LogP contribution is 2.25. The molecule has 1 atom stereocenters. The van der Waals surface area contributed by atoms with Gasteiger partial charge in [0.1, 0.15) is 18.4 Å². The van der Waals surface area contributed by atoms with Crippen molar-refractivity contribution in [1.29, 1.82) is 0 Å². The summed E-state index contributed by atoms with van der Waals surface area (Å²) >= 11 is 0. The first-order chi connectivity index (χ1) is 11.9. The molecule has 0 saturated carbocycles. The number of carbonyl (C=O) groups excluding carboxylic acids is 1. The van der Waals surface area contributed by atoms with Crippen LogP contribution >= 0.6 is 12.4 Å². The molecule has 1 aliphatic heterocycles. The molecule has 0 bridgehead atoms. The Balaban J connectivity index is 0.00000338. The van der Waals surface area contributed by atoms with Crippen LogP contribution in [0.5, 0.6) is 5.75 Å². The van der Waals surface area contributed by atoms with Crippen molar-refractivity contribution in [1.82, 2.24) is 15.5 Å². The smallest absolute Gasteiger partial charge is 0.405 e. The van der Waals surface area contributed by atoms with E-state index in [1.165, 1.54) is 17.0 Å². The maximum absolute atomic E-state index is 13.3. The number of hydrogen-bond donors (Lipinski definition) is 2.